The topological polar surface area (TPSA) is 123 Å². The predicted octanol–water partition coefficient (Wildman–Crippen LogP) is -0.555. The zero-order chi connectivity index (χ0) is 23.2. The molecule has 1 aliphatic carbocycles. The average molecular weight is 450 g/mol. The van der Waals surface area contributed by atoms with Crippen molar-refractivity contribution in [2.75, 3.05) is 28.3 Å². The Kier molecular flexibility index (Phi) is 8.21. The van der Waals surface area contributed by atoms with Crippen LogP contribution in [0.2, 0.25) is 0 Å². The van der Waals surface area contributed by atoms with Gasteiger partial charge in [0.25, 0.3) is 0 Å². The minimum absolute atomic E-state index is 0.684. The summed E-state index contributed by atoms with van der Waals surface area (Å²) in [6, 6.07) is 3.92. The Morgan fingerprint density at radius 1 is 0.903 bits per heavy atom. The highest BCUT2D eigenvalue weighted by Crippen LogP contribution is 2.38. The number of halogens is 1. The first-order chi connectivity index (χ1) is 14.5. The molecular weight excluding hydrogens is 426 g/mol. The third-order valence-electron chi connectivity index (χ3n) is 4.29. The molecule has 3 rings (SSSR count). The van der Waals surface area contributed by atoms with Gasteiger partial charge in [0.05, 0.1) is 14.2 Å². The number of methoxy groups -OCH3 is 2. The molecule has 9 heteroatoms. The van der Waals surface area contributed by atoms with Crippen molar-refractivity contribution in [3.8, 4) is 11.5 Å². The smallest absolute Gasteiger partial charge is 0.199 e. The maximum Gasteiger partial charge on any atom is 0.199 e. The Morgan fingerprint density at radius 3 is 1.97 bits per heavy atom. The molecule has 0 spiro atoms. The lowest BCUT2D eigenvalue weighted by Crippen LogP contribution is -2.68. The highest BCUT2D eigenvalue weighted by atomic mass is 35.7. The Labute approximate surface area is 183 Å². The standard InChI is InChI=1S/C22H24NO3.ClHO4/c1-15-12-17-13-21(24-4)22(25-5)14-19(17)20(26-15)11-8-16-6-9-18(10-7-16)23(2)3;2-1(3,4)5/h6-14H,1-5H3;(H,2,3,4,5)/q+1;/p-1. The van der Waals surface area contributed by atoms with Gasteiger partial charge in [-0.3, -0.25) is 0 Å². The molecule has 1 heterocycles. The molecule has 166 valence electrons. The summed E-state index contributed by atoms with van der Waals surface area (Å²) in [6.45, 7) is 1.94. The van der Waals surface area contributed by atoms with E-state index in [9.17, 15) is 0 Å². The minimum Gasteiger partial charge on any atom is -0.493 e. The summed E-state index contributed by atoms with van der Waals surface area (Å²) in [5.41, 5.74) is 4.31. The lowest BCUT2D eigenvalue weighted by molar-refractivity contribution is -2.00. The van der Waals surface area contributed by atoms with Gasteiger partial charge >= 0.3 is 0 Å². The summed E-state index contributed by atoms with van der Waals surface area (Å²) in [4.78, 5) is 0. The summed E-state index contributed by atoms with van der Waals surface area (Å²) in [5, 5.41) is 0. The summed E-state index contributed by atoms with van der Waals surface area (Å²) in [6.07, 6.45) is 14.4. The van der Waals surface area contributed by atoms with E-state index in [4.69, 9.17) is 32.8 Å². The number of rotatable bonds is 3. The Bertz CT molecular complexity index is 983. The fraction of sp³-hybridized carbons (Fsp3) is 0.227. The molecule has 8 nitrogen and oxygen atoms in total. The van der Waals surface area contributed by atoms with Crippen molar-refractivity contribution in [1.29, 1.82) is 0 Å². The molecule has 0 fully saturated rings. The van der Waals surface area contributed by atoms with Gasteiger partial charge < -0.3 is 14.2 Å². The minimum atomic E-state index is -4.94. The van der Waals surface area contributed by atoms with Crippen molar-refractivity contribution >= 4 is 17.5 Å². The van der Waals surface area contributed by atoms with Crippen LogP contribution in [0, 0.1) is 10.2 Å². The monoisotopic (exact) mass is 449 g/mol. The SMILES string of the molecule is COc1cc2c(cc1OC)C(=CC=C1C=CC(=[N+](C)C)C=C1)OC(C)=C2.[O-][Cl+3]([O-])([O-])[O-]. The first-order valence-corrected chi connectivity index (χ1v) is 10.3. The van der Waals surface area contributed by atoms with Crippen molar-refractivity contribution in [1.82, 2.24) is 0 Å². The Balaban J connectivity index is 0.000000614. The van der Waals surface area contributed by atoms with E-state index in [0.717, 1.165) is 28.2 Å². The maximum absolute atomic E-state index is 8.49. The van der Waals surface area contributed by atoms with Crippen LogP contribution in [0.15, 0.2) is 59.9 Å². The second-order valence-electron chi connectivity index (χ2n) is 6.71. The van der Waals surface area contributed by atoms with Crippen LogP contribution >= 0.6 is 0 Å². The zero-order valence-electron chi connectivity index (χ0n) is 17.9. The molecular formula is C22H24ClNO7. The van der Waals surface area contributed by atoms with Crippen LogP contribution < -0.4 is 28.1 Å². The van der Waals surface area contributed by atoms with Crippen molar-refractivity contribution in [2.45, 2.75) is 6.92 Å². The second kappa shape index (κ2) is 10.4. The van der Waals surface area contributed by atoms with Crippen LogP contribution in [-0.4, -0.2) is 38.6 Å². The first kappa shape index (κ1) is 24.4. The van der Waals surface area contributed by atoms with Gasteiger partial charge in [0.1, 0.15) is 25.6 Å². The van der Waals surface area contributed by atoms with Gasteiger partial charge in [0.15, 0.2) is 17.2 Å². The number of ether oxygens (including phenoxy) is 3. The quantitative estimate of drug-likeness (QED) is 0.567. The van der Waals surface area contributed by atoms with Crippen LogP contribution in [0.25, 0.3) is 11.8 Å². The van der Waals surface area contributed by atoms with Crippen LogP contribution in [0.1, 0.15) is 18.1 Å². The molecule has 31 heavy (non-hydrogen) atoms. The molecule has 0 N–H and O–H groups in total. The van der Waals surface area contributed by atoms with Gasteiger partial charge in [-0.1, -0.05) is 6.08 Å². The van der Waals surface area contributed by atoms with Crippen molar-refractivity contribution < 1.29 is 47.7 Å². The van der Waals surface area contributed by atoms with Crippen molar-refractivity contribution in [3.63, 3.8) is 0 Å². The van der Waals surface area contributed by atoms with E-state index in [1.54, 1.807) is 14.2 Å². The third-order valence-corrected chi connectivity index (χ3v) is 4.29. The molecule has 1 aliphatic heterocycles. The van der Waals surface area contributed by atoms with E-state index < -0.39 is 10.2 Å². The van der Waals surface area contributed by atoms with Crippen molar-refractivity contribution in [2.24, 2.45) is 0 Å². The lowest BCUT2D eigenvalue weighted by atomic mass is 10.0. The summed E-state index contributed by atoms with van der Waals surface area (Å²) in [5.74, 6) is 3.02. The maximum atomic E-state index is 8.49. The fourth-order valence-corrected chi connectivity index (χ4v) is 2.88. The van der Waals surface area contributed by atoms with Gasteiger partial charge in [-0.2, -0.15) is 0 Å². The lowest BCUT2D eigenvalue weighted by Gasteiger charge is -2.20. The van der Waals surface area contributed by atoms with E-state index in [1.165, 1.54) is 5.71 Å². The normalized spacial score (nSPS) is 16.0. The van der Waals surface area contributed by atoms with Gasteiger partial charge in [-0.05, 0) is 54.5 Å². The molecule has 0 saturated carbocycles. The number of hydrogen-bond donors (Lipinski definition) is 0. The molecule has 1 aromatic carbocycles. The number of allylic oxidation sites excluding steroid dienone is 8. The van der Waals surface area contributed by atoms with Crippen LogP contribution in [-0.2, 0) is 4.74 Å². The first-order valence-electron chi connectivity index (χ1n) is 9.08. The highest BCUT2D eigenvalue weighted by Gasteiger charge is 2.18. The van der Waals surface area contributed by atoms with Gasteiger partial charge in [0.2, 0.25) is 0 Å². The highest BCUT2D eigenvalue weighted by molar-refractivity contribution is 6.02. The molecule has 1 aromatic rings. The number of fused-ring (bicyclic) bond motifs is 1. The zero-order valence-corrected chi connectivity index (χ0v) is 18.6. The fourth-order valence-electron chi connectivity index (χ4n) is 2.88. The van der Waals surface area contributed by atoms with E-state index in [0.29, 0.717) is 11.5 Å². The molecule has 0 atom stereocenters. The molecule has 2 aliphatic rings. The van der Waals surface area contributed by atoms with Gasteiger partial charge in [0, 0.05) is 17.7 Å². The molecule has 0 amide bonds. The van der Waals surface area contributed by atoms with E-state index in [2.05, 4.69) is 28.9 Å². The number of benzene rings is 1. The third kappa shape index (κ3) is 7.39. The van der Waals surface area contributed by atoms with Gasteiger partial charge in [-0.25, -0.2) is 23.2 Å². The summed E-state index contributed by atoms with van der Waals surface area (Å²) < 4.78 is 52.8. The van der Waals surface area contributed by atoms with Crippen LogP contribution in [0.5, 0.6) is 11.5 Å². The molecule has 0 unspecified atom stereocenters. The molecule has 0 radical (unpaired) electrons. The summed E-state index contributed by atoms with van der Waals surface area (Å²) >= 11 is 0. The number of hydrogen-bond acceptors (Lipinski definition) is 7. The molecule has 0 saturated heterocycles. The largest absolute Gasteiger partial charge is 0.493 e. The van der Waals surface area contributed by atoms with E-state index in [1.807, 2.05) is 51.4 Å². The summed E-state index contributed by atoms with van der Waals surface area (Å²) in [7, 11) is 2.40. The molecule has 0 bridgehead atoms. The van der Waals surface area contributed by atoms with Crippen LogP contribution in [0.4, 0.5) is 0 Å². The average Bonchev–Trinajstić information content (AvgIpc) is 2.70. The Morgan fingerprint density at radius 2 is 1.45 bits per heavy atom. The Hall–Kier alpha value is -2.88. The van der Waals surface area contributed by atoms with Crippen molar-refractivity contribution in [3.05, 3.63) is 71.0 Å². The van der Waals surface area contributed by atoms with Gasteiger partial charge in [-0.15, -0.1) is 10.2 Å². The predicted molar refractivity (Wildman–Crippen MR) is 106 cm³/mol. The molecule has 0 aromatic heterocycles. The van der Waals surface area contributed by atoms with E-state index >= 15 is 0 Å². The number of nitrogens with zero attached hydrogens (tertiary/aromatic N) is 1. The second-order valence-corrected chi connectivity index (χ2v) is 7.47. The van der Waals surface area contributed by atoms with Crippen LogP contribution in [0.3, 0.4) is 0 Å². The van der Waals surface area contributed by atoms with E-state index in [-0.39, 0.29) is 0 Å².